The number of benzene rings is 2. The molecule has 0 spiro atoms. The smallest absolute Gasteiger partial charge is 0.508 e. The Balaban J connectivity index is 1.97. The summed E-state index contributed by atoms with van der Waals surface area (Å²) in [6.07, 6.45) is 0.318. The number of allylic oxidation sites excluding steroid dienone is 1. The van der Waals surface area contributed by atoms with Crippen LogP contribution in [0.3, 0.4) is 0 Å². The fraction of sp³-hybridized carbons (Fsp3) is 0.375. The minimum Gasteiger partial charge on any atom is -0.508 e. The highest BCUT2D eigenvalue weighted by molar-refractivity contribution is 6.35. The van der Waals surface area contributed by atoms with Crippen molar-refractivity contribution < 1.29 is 18.1 Å². The number of aryl methyl sites for hydroxylation is 1. The molecule has 0 bridgehead atoms. The molecule has 0 heterocycles. The van der Waals surface area contributed by atoms with Gasteiger partial charge in [0.05, 0.1) is 17.4 Å². The Labute approximate surface area is 177 Å². The summed E-state index contributed by atoms with van der Waals surface area (Å²) >= 11 is 0. The number of carbonyl (C=O) groups excluding carboxylic acids is 1. The third-order valence-electron chi connectivity index (χ3n) is 6.57. The molecule has 0 aliphatic heterocycles. The highest BCUT2D eigenvalue weighted by Crippen LogP contribution is 2.57. The molecule has 3 nitrogen and oxygen atoms in total. The van der Waals surface area contributed by atoms with Crippen molar-refractivity contribution in [2.45, 2.75) is 52.5 Å². The zero-order valence-corrected chi connectivity index (χ0v) is 18.1. The Morgan fingerprint density at radius 3 is 2.23 bits per heavy atom. The summed E-state index contributed by atoms with van der Waals surface area (Å²) in [6, 6.07) is 17.3. The third kappa shape index (κ3) is 4.00. The molecule has 6 heteroatoms. The van der Waals surface area contributed by atoms with Crippen LogP contribution >= 0.6 is 0 Å². The Morgan fingerprint density at radius 1 is 1.07 bits per heavy atom. The molecule has 1 amide bonds. The molecule has 0 radical (unpaired) electrons. The van der Waals surface area contributed by atoms with E-state index < -0.39 is 18.3 Å². The van der Waals surface area contributed by atoms with Gasteiger partial charge in [0.2, 0.25) is 0 Å². The van der Waals surface area contributed by atoms with Crippen LogP contribution < -0.4 is 5.32 Å². The zero-order valence-electron chi connectivity index (χ0n) is 18.1. The molecule has 2 atom stereocenters. The fourth-order valence-electron chi connectivity index (χ4n) is 4.27. The van der Waals surface area contributed by atoms with Crippen molar-refractivity contribution in [3.63, 3.8) is 0 Å². The summed E-state index contributed by atoms with van der Waals surface area (Å²) in [6.45, 7) is 9.62. The van der Waals surface area contributed by atoms with Gasteiger partial charge in [0.15, 0.2) is 0 Å². The number of hydrogen-bond acceptors (Lipinski definition) is 2. The number of hydrogen-bond donors (Lipinski definition) is 1. The summed E-state index contributed by atoms with van der Waals surface area (Å²) in [7, 11) is -2.99. The first kappa shape index (κ1) is 22.1. The Hall–Kier alpha value is -2.63. The summed E-state index contributed by atoms with van der Waals surface area (Å²) in [4.78, 5) is 13.2. The Bertz CT molecular complexity index is 941. The lowest BCUT2D eigenvalue weighted by Gasteiger charge is -2.40. The summed E-state index contributed by atoms with van der Waals surface area (Å²) in [5, 5.41) is 2.96. The van der Waals surface area contributed by atoms with E-state index in [-0.39, 0.29) is 23.3 Å². The maximum atomic E-state index is 13.3. The van der Waals surface area contributed by atoms with E-state index in [2.05, 4.69) is 5.32 Å². The second-order valence-corrected chi connectivity index (χ2v) is 8.79. The normalized spacial score (nSPS) is 21.3. The lowest BCUT2D eigenvalue weighted by atomic mass is 9.64. The number of rotatable bonds is 6. The van der Waals surface area contributed by atoms with Crippen LogP contribution in [-0.2, 0) is 14.9 Å². The van der Waals surface area contributed by atoms with Crippen LogP contribution in [0.1, 0.15) is 56.8 Å². The van der Waals surface area contributed by atoms with Crippen LogP contribution in [0.15, 0.2) is 65.9 Å². The minimum absolute atomic E-state index is 0.0679. The molecular formula is C24H28BF2NO2. The second-order valence-electron chi connectivity index (χ2n) is 8.79. The van der Waals surface area contributed by atoms with Gasteiger partial charge in [0.1, 0.15) is 0 Å². The van der Waals surface area contributed by atoms with Crippen LogP contribution in [0, 0.1) is 12.3 Å². The van der Waals surface area contributed by atoms with E-state index in [1.54, 1.807) is 0 Å². The van der Waals surface area contributed by atoms with Crippen LogP contribution in [0.4, 0.5) is 8.63 Å². The monoisotopic (exact) mass is 411 g/mol. The van der Waals surface area contributed by atoms with Crippen LogP contribution in [0.25, 0.3) is 0 Å². The number of halogens is 2. The van der Waals surface area contributed by atoms with Gasteiger partial charge in [-0.3, -0.25) is 4.79 Å². The molecule has 158 valence electrons. The molecular weight excluding hydrogens is 383 g/mol. The SMILES string of the molecule is Cc1ccc([C@]2(C)CC(C(=O)N[C@@H](C)c3ccccc3)=C(OB(F)F)C2(C)C)cc1. The molecule has 30 heavy (non-hydrogen) atoms. The zero-order chi connectivity index (χ0) is 22.1. The molecule has 3 rings (SSSR count). The van der Waals surface area contributed by atoms with Gasteiger partial charge in [0, 0.05) is 10.8 Å². The molecule has 0 fully saturated rings. The van der Waals surface area contributed by atoms with E-state index in [1.807, 2.05) is 89.2 Å². The van der Waals surface area contributed by atoms with Crippen molar-refractivity contribution in [2.24, 2.45) is 5.41 Å². The van der Waals surface area contributed by atoms with Crippen molar-refractivity contribution in [3.05, 3.63) is 82.6 Å². The highest BCUT2D eigenvalue weighted by atomic mass is 19.2. The molecule has 1 aliphatic rings. The van der Waals surface area contributed by atoms with Crippen LogP contribution in [0.2, 0.25) is 0 Å². The summed E-state index contributed by atoms with van der Waals surface area (Å²) in [5.41, 5.74) is 1.99. The lowest BCUT2D eigenvalue weighted by Crippen LogP contribution is -2.37. The van der Waals surface area contributed by atoms with E-state index >= 15 is 0 Å². The maximum absolute atomic E-state index is 13.3. The van der Waals surface area contributed by atoms with Gasteiger partial charge in [-0.05, 0) is 31.4 Å². The quantitative estimate of drug-likeness (QED) is 0.615. The van der Waals surface area contributed by atoms with Crippen LogP contribution in [0.5, 0.6) is 0 Å². The van der Waals surface area contributed by atoms with E-state index in [4.69, 9.17) is 4.65 Å². The number of carbonyl (C=O) groups is 1. The predicted octanol–water partition coefficient (Wildman–Crippen LogP) is 5.75. The second kappa shape index (κ2) is 8.25. The van der Waals surface area contributed by atoms with Gasteiger partial charge in [-0.2, -0.15) is 0 Å². The van der Waals surface area contributed by atoms with Crippen molar-refractivity contribution in [3.8, 4) is 0 Å². The summed E-state index contributed by atoms with van der Waals surface area (Å²) < 4.78 is 31.6. The summed E-state index contributed by atoms with van der Waals surface area (Å²) in [5.74, 6) is -0.302. The van der Waals surface area contributed by atoms with E-state index in [9.17, 15) is 13.4 Å². The van der Waals surface area contributed by atoms with E-state index in [0.29, 0.717) is 6.42 Å². The number of amides is 1. The first-order chi connectivity index (χ1) is 14.1. The lowest BCUT2D eigenvalue weighted by molar-refractivity contribution is -0.118. The molecule has 1 N–H and O–H groups in total. The molecule has 1 aliphatic carbocycles. The van der Waals surface area contributed by atoms with Gasteiger partial charge < -0.3 is 9.97 Å². The van der Waals surface area contributed by atoms with E-state index in [1.165, 1.54) is 0 Å². The first-order valence-electron chi connectivity index (χ1n) is 10.2. The van der Waals surface area contributed by atoms with Gasteiger partial charge in [-0.1, -0.05) is 80.9 Å². The van der Waals surface area contributed by atoms with Gasteiger partial charge >= 0.3 is 7.47 Å². The Kier molecular flexibility index (Phi) is 6.07. The molecule has 0 aromatic heterocycles. The maximum Gasteiger partial charge on any atom is 0.796 e. The van der Waals surface area contributed by atoms with Crippen molar-refractivity contribution in [2.75, 3.05) is 0 Å². The Morgan fingerprint density at radius 2 is 1.67 bits per heavy atom. The highest BCUT2D eigenvalue weighted by Gasteiger charge is 2.55. The predicted molar refractivity (Wildman–Crippen MR) is 116 cm³/mol. The van der Waals surface area contributed by atoms with Gasteiger partial charge in [-0.25, -0.2) is 8.63 Å². The van der Waals surface area contributed by atoms with Crippen molar-refractivity contribution in [1.29, 1.82) is 0 Å². The first-order valence-corrected chi connectivity index (χ1v) is 10.2. The molecule has 0 saturated carbocycles. The number of nitrogens with one attached hydrogen (secondary N) is 1. The average molecular weight is 411 g/mol. The van der Waals surface area contributed by atoms with Crippen molar-refractivity contribution in [1.82, 2.24) is 5.32 Å². The minimum atomic E-state index is -2.99. The van der Waals surface area contributed by atoms with Gasteiger partial charge in [-0.15, -0.1) is 0 Å². The topological polar surface area (TPSA) is 38.3 Å². The molecule has 0 unspecified atom stereocenters. The molecule has 0 saturated heterocycles. The van der Waals surface area contributed by atoms with E-state index in [0.717, 1.165) is 16.7 Å². The standard InChI is InChI=1S/C24H28BF2NO2/c1-16-11-13-19(14-12-16)24(5)15-20(21(23(24,3)4)30-25(26)27)22(29)28-17(2)18-9-7-6-8-10-18/h6-14,17H,15H2,1-5H3,(H,28,29)/t17-,24-/m0/s1. The third-order valence-corrected chi connectivity index (χ3v) is 6.57. The van der Waals surface area contributed by atoms with Crippen molar-refractivity contribution >= 4 is 13.4 Å². The molecule has 2 aromatic rings. The van der Waals surface area contributed by atoms with Gasteiger partial charge in [0.25, 0.3) is 5.91 Å². The average Bonchev–Trinajstić information content (AvgIpc) is 2.90. The fourth-order valence-corrected chi connectivity index (χ4v) is 4.27. The largest absolute Gasteiger partial charge is 0.796 e. The molecule has 2 aromatic carbocycles. The van der Waals surface area contributed by atoms with Crippen LogP contribution in [-0.4, -0.2) is 13.4 Å².